The topological polar surface area (TPSA) is 147 Å². The number of hydrogen-bond donors (Lipinski definition) is 2. The number of hydrogen-bond acceptors (Lipinski definition) is 8. The molecule has 0 aliphatic heterocycles. The number of ether oxygens (including phenoxy) is 3. The molecule has 0 aromatic carbocycles. The van der Waals surface area contributed by atoms with E-state index in [4.69, 9.17) is 19.6 Å². The normalized spacial score (nSPS) is 12.9. The summed E-state index contributed by atoms with van der Waals surface area (Å²) in [6.45, 7) is 12.7. The minimum atomic E-state index is -1.33. The SMILES string of the molecule is COC(=O)[C@H](CC/C=C(/C)CN(C(C)=N)C(=O)O)N(C(=O)OC(C)(C)C)C(=O)OC(C)(C)C. The standard InChI is InChI=1S/C22H37N3O8/c1-14(13-24(15(2)23)18(27)28)11-10-12-16(17(26)31-9)25(19(29)32-21(3,4)5)20(30)33-22(6,7)8/h11,16,23H,10,12-13H2,1-9H3,(H,27,28)/b14-11-,23-15?/t16-/m0/s1. The molecular formula is C22H37N3O8. The summed E-state index contributed by atoms with van der Waals surface area (Å²) in [6.07, 6.45) is -1.51. The molecule has 0 rings (SSSR count). The number of carbonyl (C=O) groups excluding carboxylic acids is 3. The Morgan fingerprint density at radius 3 is 1.76 bits per heavy atom. The fourth-order valence-corrected chi connectivity index (χ4v) is 2.57. The van der Waals surface area contributed by atoms with Gasteiger partial charge in [-0.3, -0.25) is 10.3 Å². The quantitative estimate of drug-likeness (QED) is 0.182. The molecule has 0 saturated carbocycles. The average Bonchev–Trinajstić information content (AvgIpc) is 2.60. The third kappa shape index (κ3) is 11.4. The monoisotopic (exact) mass is 471 g/mol. The predicted octanol–water partition coefficient (Wildman–Crippen LogP) is 4.40. The Morgan fingerprint density at radius 2 is 1.42 bits per heavy atom. The zero-order valence-corrected chi connectivity index (χ0v) is 21.0. The summed E-state index contributed by atoms with van der Waals surface area (Å²) in [5.74, 6) is -0.969. The molecule has 0 bridgehead atoms. The molecule has 3 amide bonds. The molecule has 0 unspecified atom stereocenters. The first-order valence-electron chi connectivity index (χ1n) is 10.4. The predicted molar refractivity (Wildman–Crippen MR) is 121 cm³/mol. The Balaban J connectivity index is 5.83. The molecule has 2 N–H and O–H groups in total. The highest BCUT2D eigenvalue weighted by atomic mass is 16.6. The first-order chi connectivity index (χ1) is 14.9. The Morgan fingerprint density at radius 1 is 0.970 bits per heavy atom. The fraction of sp³-hybridized carbons (Fsp3) is 0.682. The van der Waals surface area contributed by atoms with Crippen LogP contribution in [0.4, 0.5) is 14.4 Å². The number of allylic oxidation sites excluding steroid dienone is 1. The van der Waals surface area contributed by atoms with Crippen LogP contribution in [-0.2, 0) is 19.0 Å². The van der Waals surface area contributed by atoms with E-state index in [-0.39, 0.29) is 25.2 Å². The van der Waals surface area contributed by atoms with Gasteiger partial charge in [0.25, 0.3) is 0 Å². The van der Waals surface area contributed by atoms with Gasteiger partial charge in [-0.15, -0.1) is 0 Å². The molecule has 0 aromatic heterocycles. The second-order valence-electron chi connectivity index (χ2n) is 9.45. The number of amidine groups is 1. The molecule has 0 saturated heterocycles. The third-order valence-corrected chi connectivity index (χ3v) is 3.94. The van der Waals surface area contributed by atoms with E-state index in [1.54, 1.807) is 54.5 Å². The molecule has 0 aliphatic rings. The Kier molecular flexibility index (Phi) is 11.1. The molecule has 11 heteroatoms. The molecule has 0 aliphatic carbocycles. The molecule has 0 aromatic rings. The summed E-state index contributed by atoms with van der Waals surface area (Å²) >= 11 is 0. The van der Waals surface area contributed by atoms with E-state index >= 15 is 0 Å². The molecule has 188 valence electrons. The number of amides is 3. The molecular weight excluding hydrogens is 434 g/mol. The molecule has 0 radical (unpaired) electrons. The number of imide groups is 1. The van der Waals surface area contributed by atoms with E-state index in [1.807, 2.05) is 0 Å². The Bertz CT molecular complexity index is 735. The highest BCUT2D eigenvalue weighted by Gasteiger charge is 2.40. The molecule has 11 nitrogen and oxygen atoms in total. The van der Waals surface area contributed by atoms with Gasteiger partial charge in [-0.2, -0.15) is 4.90 Å². The minimum Gasteiger partial charge on any atom is -0.467 e. The smallest absolute Gasteiger partial charge is 0.420 e. The van der Waals surface area contributed by atoms with Crippen molar-refractivity contribution in [1.29, 1.82) is 5.41 Å². The van der Waals surface area contributed by atoms with Crippen LogP contribution in [0.5, 0.6) is 0 Å². The summed E-state index contributed by atoms with van der Waals surface area (Å²) < 4.78 is 15.4. The summed E-state index contributed by atoms with van der Waals surface area (Å²) in [5, 5.41) is 16.7. The third-order valence-electron chi connectivity index (χ3n) is 3.94. The lowest BCUT2D eigenvalue weighted by Crippen LogP contribution is -2.52. The average molecular weight is 472 g/mol. The van der Waals surface area contributed by atoms with E-state index < -0.39 is 41.5 Å². The number of rotatable bonds is 7. The van der Waals surface area contributed by atoms with Crippen LogP contribution in [0.25, 0.3) is 0 Å². The van der Waals surface area contributed by atoms with Gasteiger partial charge in [-0.1, -0.05) is 11.6 Å². The largest absolute Gasteiger partial charge is 0.467 e. The molecule has 1 atom stereocenters. The Labute approximate surface area is 195 Å². The van der Waals surface area contributed by atoms with Gasteiger partial charge in [0.1, 0.15) is 23.1 Å². The van der Waals surface area contributed by atoms with Crippen molar-refractivity contribution in [3.63, 3.8) is 0 Å². The van der Waals surface area contributed by atoms with Crippen molar-refractivity contribution < 1.29 is 38.5 Å². The lowest BCUT2D eigenvalue weighted by Gasteiger charge is -2.32. The number of carbonyl (C=O) groups is 4. The van der Waals surface area contributed by atoms with E-state index in [0.717, 1.165) is 12.0 Å². The van der Waals surface area contributed by atoms with Crippen molar-refractivity contribution in [1.82, 2.24) is 9.80 Å². The molecule has 33 heavy (non-hydrogen) atoms. The van der Waals surface area contributed by atoms with Gasteiger partial charge in [-0.25, -0.2) is 19.2 Å². The highest BCUT2D eigenvalue weighted by Crippen LogP contribution is 2.20. The van der Waals surface area contributed by atoms with E-state index in [1.165, 1.54) is 6.92 Å². The van der Waals surface area contributed by atoms with E-state index in [2.05, 4.69) is 0 Å². The summed E-state index contributed by atoms with van der Waals surface area (Å²) in [5.41, 5.74) is -1.24. The number of methoxy groups -OCH3 is 1. The first-order valence-corrected chi connectivity index (χ1v) is 10.4. The van der Waals surface area contributed by atoms with Crippen molar-refractivity contribution in [2.75, 3.05) is 13.7 Å². The molecule has 0 fully saturated rings. The van der Waals surface area contributed by atoms with Gasteiger partial charge >= 0.3 is 24.2 Å². The van der Waals surface area contributed by atoms with Crippen LogP contribution >= 0.6 is 0 Å². The Hall–Kier alpha value is -3.11. The van der Waals surface area contributed by atoms with Crippen LogP contribution in [0.2, 0.25) is 0 Å². The first kappa shape index (κ1) is 29.9. The molecule has 0 spiro atoms. The van der Waals surface area contributed by atoms with E-state index in [9.17, 15) is 24.3 Å². The van der Waals surface area contributed by atoms with Crippen LogP contribution < -0.4 is 0 Å². The number of carboxylic acid groups (broad SMARTS) is 1. The molecule has 0 heterocycles. The van der Waals surface area contributed by atoms with Gasteiger partial charge in [-0.05, 0) is 68.2 Å². The second kappa shape index (κ2) is 12.2. The van der Waals surface area contributed by atoms with Crippen molar-refractivity contribution >= 4 is 30.1 Å². The minimum absolute atomic E-state index is 0.0147. The summed E-state index contributed by atoms with van der Waals surface area (Å²) in [6, 6.07) is -1.33. The zero-order chi connectivity index (χ0) is 26.1. The lowest BCUT2D eigenvalue weighted by molar-refractivity contribution is -0.146. The number of nitrogens with one attached hydrogen (secondary N) is 1. The van der Waals surface area contributed by atoms with Crippen LogP contribution in [0.15, 0.2) is 11.6 Å². The lowest BCUT2D eigenvalue weighted by atomic mass is 10.1. The number of esters is 1. The second-order valence-corrected chi connectivity index (χ2v) is 9.45. The highest BCUT2D eigenvalue weighted by molar-refractivity contribution is 5.94. The van der Waals surface area contributed by atoms with Crippen LogP contribution in [-0.4, -0.2) is 75.9 Å². The fourth-order valence-electron chi connectivity index (χ4n) is 2.57. The van der Waals surface area contributed by atoms with Crippen LogP contribution in [0, 0.1) is 5.41 Å². The summed E-state index contributed by atoms with van der Waals surface area (Å²) in [7, 11) is 1.14. The maximum atomic E-state index is 12.8. The zero-order valence-electron chi connectivity index (χ0n) is 21.0. The number of nitrogens with zero attached hydrogens (tertiary/aromatic N) is 2. The van der Waals surface area contributed by atoms with Crippen molar-refractivity contribution in [2.45, 2.75) is 85.5 Å². The summed E-state index contributed by atoms with van der Waals surface area (Å²) in [4.78, 5) is 50.9. The van der Waals surface area contributed by atoms with Gasteiger partial charge in [0.2, 0.25) is 0 Å². The van der Waals surface area contributed by atoms with Crippen molar-refractivity contribution in [3.8, 4) is 0 Å². The van der Waals surface area contributed by atoms with Crippen molar-refractivity contribution in [3.05, 3.63) is 11.6 Å². The van der Waals surface area contributed by atoms with Gasteiger partial charge < -0.3 is 19.3 Å². The van der Waals surface area contributed by atoms with E-state index in [0.29, 0.717) is 10.5 Å². The maximum absolute atomic E-state index is 12.8. The van der Waals surface area contributed by atoms with Gasteiger partial charge in [0.05, 0.1) is 13.7 Å². The van der Waals surface area contributed by atoms with Gasteiger partial charge in [0.15, 0.2) is 0 Å². The van der Waals surface area contributed by atoms with Crippen LogP contribution in [0.1, 0.15) is 68.2 Å². The van der Waals surface area contributed by atoms with Crippen molar-refractivity contribution in [2.24, 2.45) is 0 Å². The maximum Gasteiger partial charge on any atom is 0.420 e. The van der Waals surface area contributed by atoms with Crippen LogP contribution in [0.3, 0.4) is 0 Å². The van der Waals surface area contributed by atoms with Gasteiger partial charge in [0, 0.05) is 0 Å².